The summed E-state index contributed by atoms with van der Waals surface area (Å²) in [4.78, 5) is 39.3. The molecule has 2 N–H and O–H groups in total. The number of ether oxygens (including phenoxy) is 1. The minimum Gasteiger partial charge on any atom is -0.378 e. The van der Waals surface area contributed by atoms with Crippen molar-refractivity contribution in [3.63, 3.8) is 0 Å². The zero-order chi connectivity index (χ0) is 23.8. The molecule has 1 aliphatic heterocycles. The molecule has 3 aromatic rings. The average molecular weight is 461 g/mol. The first kappa shape index (κ1) is 23.3. The lowest BCUT2D eigenvalue weighted by Gasteiger charge is -2.27. The van der Waals surface area contributed by atoms with E-state index in [0.717, 1.165) is 50.0 Å². The summed E-state index contributed by atoms with van der Waals surface area (Å²) >= 11 is 0. The summed E-state index contributed by atoms with van der Waals surface area (Å²) in [7, 11) is 0. The molecule has 0 radical (unpaired) electrons. The topological polar surface area (TPSA) is 109 Å². The Morgan fingerprint density at radius 3 is 2.24 bits per heavy atom. The number of nitrogens with one attached hydrogen (secondary N) is 2. The second-order valence-corrected chi connectivity index (χ2v) is 7.97. The van der Waals surface area contributed by atoms with Gasteiger partial charge in [-0.05, 0) is 55.0 Å². The normalized spacial score (nSPS) is 13.4. The molecule has 0 saturated carbocycles. The zero-order valence-electron chi connectivity index (χ0n) is 19.2. The van der Waals surface area contributed by atoms with Crippen LogP contribution < -0.4 is 15.5 Å². The van der Waals surface area contributed by atoms with Gasteiger partial charge in [-0.2, -0.15) is 9.97 Å². The van der Waals surface area contributed by atoms with Gasteiger partial charge < -0.3 is 20.3 Å². The van der Waals surface area contributed by atoms with Gasteiger partial charge in [0.1, 0.15) is 12.1 Å². The van der Waals surface area contributed by atoms with E-state index >= 15 is 0 Å². The third kappa shape index (κ3) is 6.14. The van der Waals surface area contributed by atoms with Gasteiger partial charge in [-0.25, -0.2) is 9.78 Å². The van der Waals surface area contributed by atoms with Crippen molar-refractivity contribution in [1.29, 1.82) is 0 Å². The highest BCUT2D eigenvalue weighted by molar-refractivity contribution is 6.00. The van der Waals surface area contributed by atoms with Crippen LogP contribution in [0, 0.1) is 0 Å². The minimum atomic E-state index is -0.372. The highest BCUT2D eigenvalue weighted by Gasteiger charge is 2.17. The van der Waals surface area contributed by atoms with Crippen LogP contribution in [0.3, 0.4) is 0 Å². The van der Waals surface area contributed by atoms with Gasteiger partial charge in [0.25, 0.3) is 0 Å². The van der Waals surface area contributed by atoms with Crippen molar-refractivity contribution in [2.75, 3.05) is 41.8 Å². The first-order valence-electron chi connectivity index (χ1n) is 11.5. The maximum Gasteiger partial charge on any atom is 0.323 e. The Labute approximate surface area is 198 Å². The quantitative estimate of drug-likeness (QED) is 0.486. The molecular formula is C25H28N6O3. The number of nitrogens with zero attached hydrogens (tertiary/aromatic N) is 4. The molecule has 0 unspecified atom stereocenters. The molecule has 2 amide bonds. The number of carbonyl (C=O) groups excluding carboxylic acids is 2. The van der Waals surface area contributed by atoms with E-state index in [1.165, 1.54) is 0 Å². The van der Waals surface area contributed by atoms with E-state index in [0.29, 0.717) is 41.9 Å². The van der Waals surface area contributed by atoms with Crippen molar-refractivity contribution in [2.24, 2.45) is 0 Å². The number of carbonyl (C=O) groups is 2. The number of amides is 2. The summed E-state index contributed by atoms with van der Waals surface area (Å²) in [5, 5.41) is 5.55. The Morgan fingerprint density at radius 1 is 0.971 bits per heavy atom. The Bertz CT molecular complexity index is 1110. The number of unbranched alkanes of at least 4 members (excludes halogenated alkanes) is 1. The molecule has 2 aromatic carbocycles. The van der Waals surface area contributed by atoms with Gasteiger partial charge >= 0.3 is 6.03 Å². The largest absolute Gasteiger partial charge is 0.378 e. The van der Waals surface area contributed by atoms with Crippen molar-refractivity contribution < 1.29 is 14.3 Å². The number of rotatable bonds is 8. The van der Waals surface area contributed by atoms with E-state index in [1.807, 2.05) is 24.3 Å². The highest BCUT2D eigenvalue weighted by atomic mass is 16.5. The number of aryl methyl sites for hydroxylation is 1. The molecule has 0 aliphatic carbocycles. The predicted octanol–water partition coefficient (Wildman–Crippen LogP) is 4.17. The van der Waals surface area contributed by atoms with E-state index in [-0.39, 0.29) is 6.03 Å². The fourth-order valence-electron chi connectivity index (χ4n) is 3.53. The number of benzene rings is 2. The van der Waals surface area contributed by atoms with Crippen LogP contribution in [0.15, 0.2) is 48.5 Å². The number of aldehydes is 1. The smallest absolute Gasteiger partial charge is 0.323 e. The van der Waals surface area contributed by atoms with E-state index in [2.05, 4.69) is 22.5 Å². The molecule has 1 fully saturated rings. The van der Waals surface area contributed by atoms with Crippen LogP contribution in [-0.2, 0) is 11.2 Å². The lowest BCUT2D eigenvalue weighted by molar-refractivity contribution is 0.112. The molecule has 0 atom stereocenters. The third-order valence-corrected chi connectivity index (χ3v) is 5.42. The minimum absolute atomic E-state index is 0.372. The molecular weight excluding hydrogens is 432 g/mol. The van der Waals surface area contributed by atoms with Crippen molar-refractivity contribution in [3.8, 4) is 11.4 Å². The molecule has 0 bridgehead atoms. The SMILES string of the molecule is CCCCc1nc(-c2ccc(NC(=O)Nc3ccc(C=O)cc3)cc2)nc(N2CCOCC2)n1. The van der Waals surface area contributed by atoms with Crippen LogP contribution >= 0.6 is 0 Å². The Kier molecular flexibility index (Phi) is 7.77. The van der Waals surface area contributed by atoms with E-state index < -0.39 is 0 Å². The van der Waals surface area contributed by atoms with Crippen molar-refractivity contribution in [2.45, 2.75) is 26.2 Å². The maximum absolute atomic E-state index is 12.3. The van der Waals surface area contributed by atoms with Gasteiger partial charge in [-0.3, -0.25) is 4.79 Å². The van der Waals surface area contributed by atoms with Crippen molar-refractivity contribution >= 4 is 29.6 Å². The van der Waals surface area contributed by atoms with Crippen LogP contribution in [0.4, 0.5) is 22.1 Å². The number of aromatic nitrogens is 3. The summed E-state index contributed by atoms with van der Waals surface area (Å²) in [6, 6.07) is 13.7. The van der Waals surface area contributed by atoms with Gasteiger partial charge in [-0.15, -0.1) is 0 Å². The fraction of sp³-hybridized carbons (Fsp3) is 0.320. The number of morpholine rings is 1. The predicted molar refractivity (Wildman–Crippen MR) is 131 cm³/mol. The molecule has 1 aromatic heterocycles. The first-order valence-corrected chi connectivity index (χ1v) is 11.5. The molecule has 1 aliphatic rings. The lowest BCUT2D eigenvalue weighted by Crippen LogP contribution is -2.37. The van der Waals surface area contributed by atoms with Crippen LogP contribution in [0.1, 0.15) is 35.9 Å². The Balaban J connectivity index is 1.47. The van der Waals surface area contributed by atoms with Gasteiger partial charge in [0.05, 0.1) is 13.2 Å². The first-order chi connectivity index (χ1) is 16.6. The molecule has 34 heavy (non-hydrogen) atoms. The molecule has 0 spiro atoms. The van der Waals surface area contributed by atoms with E-state index in [4.69, 9.17) is 19.7 Å². The van der Waals surface area contributed by atoms with E-state index in [1.54, 1.807) is 24.3 Å². The maximum atomic E-state index is 12.3. The second kappa shape index (κ2) is 11.3. The summed E-state index contributed by atoms with van der Waals surface area (Å²) in [6.07, 6.45) is 3.64. The fourth-order valence-corrected chi connectivity index (χ4v) is 3.53. The van der Waals surface area contributed by atoms with Gasteiger partial charge in [-0.1, -0.05) is 13.3 Å². The summed E-state index contributed by atoms with van der Waals surface area (Å²) in [6.45, 7) is 4.98. The molecule has 9 heteroatoms. The van der Waals surface area contributed by atoms with Crippen LogP contribution in [0.2, 0.25) is 0 Å². The lowest BCUT2D eigenvalue weighted by atomic mass is 10.2. The molecule has 1 saturated heterocycles. The highest BCUT2D eigenvalue weighted by Crippen LogP contribution is 2.22. The molecule has 9 nitrogen and oxygen atoms in total. The number of anilines is 3. The zero-order valence-corrected chi connectivity index (χ0v) is 19.2. The molecule has 4 rings (SSSR count). The van der Waals surface area contributed by atoms with Crippen LogP contribution in [-0.4, -0.2) is 53.6 Å². The Hall–Kier alpha value is -3.85. The average Bonchev–Trinajstić information content (AvgIpc) is 2.88. The third-order valence-electron chi connectivity index (χ3n) is 5.42. The Morgan fingerprint density at radius 2 is 1.62 bits per heavy atom. The van der Waals surface area contributed by atoms with Gasteiger partial charge in [0, 0.05) is 42.0 Å². The number of urea groups is 1. The van der Waals surface area contributed by atoms with Crippen LogP contribution in [0.25, 0.3) is 11.4 Å². The van der Waals surface area contributed by atoms with Crippen molar-refractivity contribution in [1.82, 2.24) is 15.0 Å². The summed E-state index contributed by atoms with van der Waals surface area (Å²) in [5.74, 6) is 2.09. The van der Waals surface area contributed by atoms with E-state index in [9.17, 15) is 9.59 Å². The summed E-state index contributed by atoms with van der Waals surface area (Å²) < 4.78 is 5.46. The standard InChI is InChI=1S/C25H28N6O3/c1-2-3-4-22-28-23(30-24(29-22)31-13-15-34-16-14-31)19-7-11-21(12-8-19)27-25(33)26-20-9-5-18(17-32)6-10-20/h5-12,17H,2-4,13-16H2,1H3,(H2,26,27,33). The number of hydrogen-bond acceptors (Lipinski definition) is 7. The van der Waals surface area contributed by atoms with Gasteiger partial charge in [0.15, 0.2) is 5.82 Å². The van der Waals surface area contributed by atoms with Crippen molar-refractivity contribution in [3.05, 3.63) is 59.9 Å². The summed E-state index contributed by atoms with van der Waals surface area (Å²) in [5.41, 5.74) is 2.64. The molecule has 176 valence electrons. The van der Waals surface area contributed by atoms with Gasteiger partial charge in [0.2, 0.25) is 5.95 Å². The van der Waals surface area contributed by atoms with Crippen LogP contribution in [0.5, 0.6) is 0 Å². The monoisotopic (exact) mass is 460 g/mol. The molecule has 2 heterocycles. The second-order valence-electron chi connectivity index (χ2n) is 7.97. The number of hydrogen-bond donors (Lipinski definition) is 2.